The second-order valence-corrected chi connectivity index (χ2v) is 5.20. The van der Waals surface area contributed by atoms with E-state index >= 15 is 0 Å². The average molecular weight is 325 g/mol. The number of benzene rings is 1. The van der Waals surface area contributed by atoms with Gasteiger partial charge in [-0.15, -0.1) is 0 Å². The summed E-state index contributed by atoms with van der Waals surface area (Å²) < 4.78 is 15.1. The molecule has 0 saturated carbocycles. The molecule has 1 aromatic carbocycles. The molecule has 2 aromatic heterocycles. The Hall–Kier alpha value is -3.22. The van der Waals surface area contributed by atoms with Crippen LogP contribution in [0.15, 0.2) is 54.9 Å². The summed E-state index contributed by atoms with van der Waals surface area (Å²) in [5, 5.41) is 9.42. The SMILES string of the molecule is Cc1cccc(CNC(=O)Nc2cnn(-c3ccccc3F)c2)n1. The van der Waals surface area contributed by atoms with Crippen LogP contribution in [0, 0.1) is 12.7 Å². The maximum absolute atomic E-state index is 13.7. The molecule has 0 fully saturated rings. The summed E-state index contributed by atoms with van der Waals surface area (Å²) >= 11 is 0. The third-order valence-corrected chi connectivity index (χ3v) is 3.32. The van der Waals surface area contributed by atoms with Crippen LogP contribution in [0.25, 0.3) is 5.69 Å². The Morgan fingerprint density at radius 1 is 1.21 bits per heavy atom. The Kier molecular flexibility index (Phi) is 4.51. The van der Waals surface area contributed by atoms with Crippen molar-refractivity contribution in [3.8, 4) is 5.69 Å². The number of nitrogens with zero attached hydrogens (tertiary/aromatic N) is 3. The van der Waals surface area contributed by atoms with Gasteiger partial charge in [-0.3, -0.25) is 4.98 Å². The number of urea groups is 1. The van der Waals surface area contributed by atoms with E-state index in [2.05, 4.69) is 20.7 Å². The Morgan fingerprint density at radius 3 is 2.83 bits per heavy atom. The molecule has 0 aliphatic rings. The third kappa shape index (κ3) is 3.75. The van der Waals surface area contributed by atoms with Crippen LogP contribution in [0.4, 0.5) is 14.9 Å². The molecule has 0 saturated heterocycles. The molecule has 24 heavy (non-hydrogen) atoms. The predicted octanol–water partition coefficient (Wildman–Crippen LogP) is 3.04. The summed E-state index contributed by atoms with van der Waals surface area (Å²) in [7, 11) is 0. The minimum Gasteiger partial charge on any atom is -0.332 e. The summed E-state index contributed by atoms with van der Waals surface area (Å²) in [5.41, 5.74) is 2.44. The van der Waals surface area contributed by atoms with E-state index in [4.69, 9.17) is 0 Å². The predicted molar refractivity (Wildman–Crippen MR) is 88.4 cm³/mol. The first kappa shape index (κ1) is 15.7. The number of carbonyl (C=O) groups excluding carboxylic acids is 1. The number of para-hydroxylation sites is 1. The molecule has 0 atom stereocenters. The highest BCUT2D eigenvalue weighted by molar-refractivity contribution is 5.88. The maximum Gasteiger partial charge on any atom is 0.319 e. The van der Waals surface area contributed by atoms with E-state index in [1.54, 1.807) is 24.4 Å². The summed E-state index contributed by atoms with van der Waals surface area (Å²) in [4.78, 5) is 16.2. The van der Waals surface area contributed by atoms with E-state index in [0.29, 0.717) is 17.9 Å². The Morgan fingerprint density at radius 2 is 2.04 bits per heavy atom. The highest BCUT2D eigenvalue weighted by atomic mass is 19.1. The van der Waals surface area contributed by atoms with Crippen LogP contribution in [0.2, 0.25) is 0 Å². The van der Waals surface area contributed by atoms with Gasteiger partial charge in [0.25, 0.3) is 0 Å². The number of aromatic nitrogens is 3. The molecule has 122 valence electrons. The molecule has 0 aliphatic carbocycles. The lowest BCUT2D eigenvalue weighted by atomic mass is 10.3. The van der Waals surface area contributed by atoms with Crippen molar-refractivity contribution in [2.24, 2.45) is 0 Å². The lowest BCUT2D eigenvalue weighted by Gasteiger charge is -2.06. The molecular weight excluding hydrogens is 309 g/mol. The molecule has 2 amide bonds. The fourth-order valence-corrected chi connectivity index (χ4v) is 2.20. The molecule has 0 radical (unpaired) electrons. The van der Waals surface area contributed by atoms with Gasteiger partial charge < -0.3 is 10.6 Å². The van der Waals surface area contributed by atoms with Gasteiger partial charge in [0.15, 0.2) is 0 Å². The van der Waals surface area contributed by atoms with Crippen molar-refractivity contribution >= 4 is 11.7 Å². The van der Waals surface area contributed by atoms with Gasteiger partial charge in [-0.1, -0.05) is 18.2 Å². The van der Waals surface area contributed by atoms with Gasteiger partial charge in [-0.2, -0.15) is 5.10 Å². The van der Waals surface area contributed by atoms with Crippen molar-refractivity contribution < 1.29 is 9.18 Å². The zero-order valence-corrected chi connectivity index (χ0v) is 13.0. The first-order chi connectivity index (χ1) is 11.6. The number of anilines is 1. The number of rotatable bonds is 4. The fourth-order valence-electron chi connectivity index (χ4n) is 2.20. The van der Waals surface area contributed by atoms with E-state index in [1.807, 2.05) is 25.1 Å². The smallest absolute Gasteiger partial charge is 0.319 e. The minimum atomic E-state index is -0.387. The van der Waals surface area contributed by atoms with Gasteiger partial charge in [0.05, 0.1) is 30.3 Å². The Balaban J connectivity index is 1.60. The third-order valence-electron chi connectivity index (χ3n) is 3.32. The lowest BCUT2D eigenvalue weighted by molar-refractivity contribution is 0.251. The zero-order chi connectivity index (χ0) is 16.9. The van der Waals surface area contributed by atoms with E-state index in [0.717, 1.165) is 11.4 Å². The van der Waals surface area contributed by atoms with Crippen molar-refractivity contribution in [1.82, 2.24) is 20.1 Å². The number of amides is 2. The minimum absolute atomic E-state index is 0.314. The average Bonchev–Trinajstić information content (AvgIpc) is 3.02. The quantitative estimate of drug-likeness (QED) is 0.774. The van der Waals surface area contributed by atoms with E-state index < -0.39 is 0 Å². The molecule has 7 heteroatoms. The van der Waals surface area contributed by atoms with Gasteiger partial charge in [0.1, 0.15) is 11.5 Å². The van der Waals surface area contributed by atoms with Crippen LogP contribution in [-0.2, 0) is 6.54 Å². The number of halogens is 1. The van der Waals surface area contributed by atoms with Crippen LogP contribution >= 0.6 is 0 Å². The van der Waals surface area contributed by atoms with Crippen LogP contribution in [0.5, 0.6) is 0 Å². The largest absolute Gasteiger partial charge is 0.332 e. The van der Waals surface area contributed by atoms with Gasteiger partial charge in [-0.25, -0.2) is 13.9 Å². The van der Waals surface area contributed by atoms with Crippen LogP contribution < -0.4 is 10.6 Å². The number of hydrogen-bond acceptors (Lipinski definition) is 3. The van der Waals surface area contributed by atoms with E-state index in [-0.39, 0.29) is 11.8 Å². The van der Waals surface area contributed by atoms with Crippen molar-refractivity contribution in [2.45, 2.75) is 13.5 Å². The number of carbonyl (C=O) groups is 1. The number of pyridine rings is 1. The summed E-state index contributed by atoms with van der Waals surface area (Å²) in [6, 6.07) is 11.5. The molecule has 2 N–H and O–H groups in total. The summed E-state index contributed by atoms with van der Waals surface area (Å²) in [6.45, 7) is 2.20. The second-order valence-electron chi connectivity index (χ2n) is 5.20. The van der Waals surface area contributed by atoms with E-state index in [1.165, 1.54) is 16.9 Å². The summed E-state index contributed by atoms with van der Waals surface area (Å²) in [6.07, 6.45) is 3.00. The monoisotopic (exact) mass is 325 g/mol. The standard InChI is InChI=1S/C17H16FN5O/c1-12-5-4-6-13(21-12)9-19-17(24)22-14-10-20-23(11-14)16-8-3-2-7-15(16)18/h2-8,10-11H,9H2,1H3,(H2,19,22,24). The normalized spacial score (nSPS) is 10.4. The van der Waals surface area contributed by atoms with Crippen molar-refractivity contribution in [3.05, 3.63) is 72.1 Å². The molecule has 3 rings (SSSR count). The van der Waals surface area contributed by atoms with Gasteiger partial charge >= 0.3 is 6.03 Å². The molecule has 0 unspecified atom stereocenters. The first-order valence-corrected chi connectivity index (χ1v) is 7.39. The Labute approximate surface area is 138 Å². The molecule has 3 aromatic rings. The van der Waals surface area contributed by atoms with Crippen molar-refractivity contribution in [2.75, 3.05) is 5.32 Å². The molecule has 0 aliphatic heterocycles. The lowest BCUT2D eigenvalue weighted by Crippen LogP contribution is -2.28. The van der Waals surface area contributed by atoms with Crippen LogP contribution in [0.1, 0.15) is 11.4 Å². The van der Waals surface area contributed by atoms with Crippen molar-refractivity contribution in [3.63, 3.8) is 0 Å². The molecular formula is C17H16FN5O. The second kappa shape index (κ2) is 6.91. The first-order valence-electron chi connectivity index (χ1n) is 7.39. The molecule has 0 bridgehead atoms. The van der Waals surface area contributed by atoms with Gasteiger partial charge in [-0.05, 0) is 31.2 Å². The molecule has 2 heterocycles. The van der Waals surface area contributed by atoms with Gasteiger partial charge in [0, 0.05) is 5.69 Å². The fraction of sp³-hybridized carbons (Fsp3) is 0.118. The topological polar surface area (TPSA) is 71.8 Å². The van der Waals surface area contributed by atoms with E-state index in [9.17, 15) is 9.18 Å². The zero-order valence-electron chi connectivity index (χ0n) is 13.0. The van der Waals surface area contributed by atoms with Crippen LogP contribution in [0.3, 0.4) is 0 Å². The van der Waals surface area contributed by atoms with Crippen molar-refractivity contribution in [1.29, 1.82) is 0 Å². The number of aryl methyl sites for hydroxylation is 1. The highest BCUT2D eigenvalue weighted by Crippen LogP contribution is 2.14. The maximum atomic E-state index is 13.7. The van der Waals surface area contributed by atoms with Gasteiger partial charge in [0.2, 0.25) is 0 Å². The molecule has 0 spiro atoms. The molecule has 6 nitrogen and oxygen atoms in total. The highest BCUT2D eigenvalue weighted by Gasteiger charge is 2.08. The number of hydrogen-bond donors (Lipinski definition) is 2. The Bertz CT molecular complexity index is 861. The summed E-state index contributed by atoms with van der Waals surface area (Å²) in [5.74, 6) is -0.387. The van der Waals surface area contributed by atoms with Crippen LogP contribution in [-0.4, -0.2) is 20.8 Å². The number of nitrogens with one attached hydrogen (secondary N) is 2.